The van der Waals surface area contributed by atoms with Crippen LogP contribution in [0.1, 0.15) is 46.1 Å². The van der Waals surface area contributed by atoms with E-state index < -0.39 is 16.8 Å². The van der Waals surface area contributed by atoms with Gasteiger partial charge in [-0.2, -0.15) is 13.2 Å². The lowest BCUT2D eigenvalue weighted by molar-refractivity contribution is -0.137. The minimum Gasteiger partial charge on any atom is -0.457 e. The molecule has 0 saturated heterocycles. The molecular formula is C25H21ClF3NO3. The number of rotatable bonds is 8. The lowest BCUT2D eigenvalue weighted by Crippen LogP contribution is -2.10. The molecule has 1 aromatic heterocycles. The highest BCUT2D eigenvalue weighted by Gasteiger charge is 2.33. The predicted molar refractivity (Wildman–Crippen MR) is 119 cm³/mol. The Bertz CT molecular complexity index is 1190. The van der Waals surface area contributed by atoms with Crippen LogP contribution in [0.15, 0.2) is 54.7 Å². The van der Waals surface area contributed by atoms with Gasteiger partial charge < -0.3 is 4.74 Å². The maximum absolute atomic E-state index is 13.0. The zero-order valence-electron chi connectivity index (χ0n) is 18.0. The van der Waals surface area contributed by atoms with Gasteiger partial charge in [0.2, 0.25) is 0 Å². The molecule has 3 aromatic rings. The van der Waals surface area contributed by atoms with Crippen LogP contribution in [0.5, 0.6) is 11.5 Å². The molecule has 0 radical (unpaired) electrons. The zero-order valence-corrected chi connectivity index (χ0v) is 18.8. The van der Waals surface area contributed by atoms with E-state index in [9.17, 15) is 22.8 Å². The van der Waals surface area contributed by atoms with E-state index in [4.69, 9.17) is 16.3 Å². The van der Waals surface area contributed by atoms with Crippen LogP contribution >= 0.6 is 11.6 Å². The minimum absolute atomic E-state index is 0.0650. The van der Waals surface area contributed by atoms with E-state index in [-0.39, 0.29) is 30.0 Å². The number of halogens is 4. The van der Waals surface area contributed by atoms with Crippen molar-refractivity contribution in [2.24, 2.45) is 0 Å². The number of benzene rings is 2. The average Bonchev–Trinajstić information content (AvgIpc) is 2.76. The number of nitrogens with zero attached hydrogens (tertiary/aromatic N) is 1. The Morgan fingerprint density at radius 1 is 1.00 bits per heavy atom. The van der Waals surface area contributed by atoms with Crippen LogP contribution in [-0.4, -0.2) is 16.6 Å². The predicted octanol–water partition coefficient (Wildman–Crippen LogP) is 6.80. The van der Waals surface area contributed by atoms with Crippen LogP contribution in [0, 0.1) is 6.92 Å². The number of carbonyl (C=O) groups excluding carboxylic acids is 2. The lowest BCUT2D eigenvalue weighted by atomic mass is 10.00. The number of pyridine rings is 1. The van der Waals surface area contributed by atoms with E-state index >= 15 is 0 Å². The number of ether oxygens (including phenoxy) is 1. The topological polar surface area (TPSA) is 56.3 Å². The van der Waals surface area contributed by atoms with Gasteiger partial charge in [-0.1, -0.05) is 36.7 Å². The molecule has 0 spiro atoms. The Morgan fingerprint density at radius 2 is 1.67 bits per heavy atom. The summed E-state index contributed by atoms with van der Waals surface area (Å²) in [6, 6.07) is 11.9. The molecule has 0 amide bonds. The molecule has 8 heteroatoms. The van der Waals surface area contributed by atoms with Crippen molar-refractivity contribution >= 4 is 23.2 Å². The van der Waals surface area contributed by atoms with Crippen molar-refractivity contribution in [1.82, 2.24) is 4.98 Å². The fourth-order valence-corrected chi connectivity index (χ4v) is 3.51. The third-order valence-corrected chi connectivity index (χ3v) is 5.27. The molecule has 4 nitrogen and oxygen atoms in total. The molecule has 0 atom stereocenters. The molecule has 0 aliphatic carbocycles. The summed E-state index contributed by atoms with van der Waals surface area (Å²) >= 11 is 5.63. The second-order valence-corrected chi connectivity index (χ2v) is 7.97. The SMILES string of the molecule is CCC(=O)c1cc(Oc2ccc(CC(=O)Cc3ccc(Cl)c(C(F)(F)F)c3)cc2C)ccn1. The van der Waals surface area contributed by atoms with Crippen LogP contribution in [0.4, 0.5) is 13.2 Å². The van der Waals surface area contributed by atoms with Crippen molar-refractivity contribution in [3.63, 3.8) is 0 Å². The molecule has 0 saturated carbocycles. The first-order chi connectivity index (χ1) is 15.6. The average molecular weight is 476 g/mol. The second-order valence-electron chi connectivity index (χ2n) is 7.56. The van der Waals surface area contributed by atoms with E-state index in [0.717, 1.165) is 17.7 Å². The Kier molecular flexibility index (Phi) is 7.53. The molecule has 0 aliphatic rings. The molecule has 0 N–H and O–H groups in total. The van der Waals surface area contributed by atoms with Gasteiger partial charge >= 0.3 is 6.18 Å². The maximum atomic E-state index is 13.0. The summed E-state index contributed by atoms with van der Waals surface area (Å²) < 4.78 is 44.9. The third-order valence-electron chi connectivity index (χ3n) is 4.94. The van der Waals surface area contributed by atoms with Crippen molar-refractivity contribution in [2.75, 3.05) is 0 Å². The highest BCUT2D eigenvalue weighted by Crippen LogP contribution is 2.35. The number of alkyl halides is 3. The molecule has 2 aromatic carbocycles. The quantitative estimate of drug-likeness (QED) is 0.336. The van der Waals surface area contributed by atoms with E-state index in [1.165, 1.54) is 12.3 Å². The number of aryl methyl sites for hydroxylation is 1. The Labute approximate surface area is 194 Å². The van der Waals surface area contributed by atoms with Crippen molar-refractivity contribution < 1.29 is 27.5 Å². The third kappa shape index (κ3) is 6.42. The fraction of sp³-hybridized carbons (Fsp3) is 0.240. The molecule has 0 fully saturated rings. The fourth-order valence-electron chi connectivity index (χ4n) is 3.29. The Morgan fingerprint density at radius 3 is 2.30 bits per heavy atom. The maximum Gasteiger partial charge on any atom is 0.417 e. The van der Waals surface area contributed by atoms with Crippen LogP contribution in [-0.2, 0) is 23.8 Å². The van der Waals surface area contributed by atoms with Gasteiger partial charge in [0, 0.05) is 31.5 Å². The van der Waals surface area contributed by atoms with E-state index in [1.807, 2.05) is 6.92 Å². The number of carbonyl (C=O) groups is 2. The van der Waals surface area contributed by atoms with Gasteiger partial charge in [0.1, 0.15) is 23.0 Å². The minimum atomic E-state index is -4.58. The molecule has 0 aliphatic heterocycles. The van der Waals surface area contributed by atoms with Gasteiger partial charge in [-0.3, -0.25) is 14.6 Å². The van der Waals surface area contributed by atoms with Gasteiger partial charge in [0.25, 0.3) is 0 Å². The molecule has 172 valence electrons. The smallest absolute Gasteiger partial charge is 0.417 e. The Balaban J connectivity index is 1.68. The van der Waals surface area contributed by atoms with E-state index in [1.54, 1.807) is 37.3 Å². The monoisotopic (exact) mass is 475 g/mol. The summed E-state index contributed by atoms with van der Waals surface area (Å²) in [4.78, 5) is 28.3. The summed E-state index contributed by atoms with van der Waals surface area (Å²) in [6.45, 7) is 3.57. The van der Waals surface area contributed by atoms with Gasteiger partial charge in [-0.05, 0) is 47.9 Å². The highest BCUT2D eigenvalue weighted by molar-refractivity contribution is 6.31. The number of hydrogen-bond acceptors (Lipinski definition) is 4. The van der Waals surface area contributed by atoms with Crippen molar-refractivity contribution in [1.29, 1.82) is 0 Å². The summed E-state index contributed by atoms with van der Waals surface area (Å²) in [7, 11) is 0. The van der Waals surface area contributed by atoms with E-state index in [0.29, 0.717) is 29.2 Å². The largest absolute Gasteiger partial charge is 0.457 e. The second kappa shape index (κ2) is 10.2. The first-order valence-corrected chi connectivity index (χ1v) is 10.6. The van der Waals surface area contributed by atoms with Crippen molar-refractivity contribution in [3.8, 4) is 11.5 Å². The number of ketones is 2. The molecular weight excluding hydrogens is 455 g/mol. The van der Waals surface area contributed by atoms with Crippen LogP contribution in [0.2, 0.25) is 5.02 Å². The summed E-state index contributed by atoms with van der Waals surface area (Å²) in [5.41, 5.74) is 1.11. The van der Waals surface area contributed by atoms with E-state index in [2.05, 4.69) is 4.98 Å². The number of hydrogen-bond donors (Lipinski definition) is 0. The molecule has 0 bridgehead atoms. The summed E-state index contributed by atoms with van der Waals surface area (Å²) in [5, 5.41) is -0.398. The number of Topliss-reactive ketones (excluding diaryl/α,β-unsaturated/α-hetero) is 2. The zero-order chi connectivity index (χ0) is 24.2. The number of aromatic nitrogens is 1. The summed E-state index contributed by atoms with van der Waals surface area (Å²) in [6.07, 6.45) is -2.81. The van der Waals surface area contributed by atoms with Gasteiger partial charge in [0.15, 0.2) is 5.78 Å². The highest BCUT2D eigenvalue weighted by atomic mass is 35.5. The lowest BCUT2D eigenvalue weighted by Gasteiger charge is -2.12. The normalized spacial score (nSPS) is 11.3. The molecule has 0 unspecified atom stereocenters. The van der Waals surface area contributed by atoms with Gasteiger partial charge in [-0.25, -0.2) is 0 Å². The standard InChI is InChI=1S/C25H21ClF3NO3/c1-3-23(32)22-14-19(8-9-30-22)33-24-7-5-16(10-15(24)2)11-18(31)12-17-4-6-21(26)20(13-17)25(27,28)29/h4-10,13-14H,3,11-12H2,1-2H3. The van der Waals surface area contributed by atoms with Crippen molar-refractivity contribution in [2.45, 2.75) is 39.3 Å². The van der Waals surface area contributed by atoms with Crippen molar-refractivity contribution in [3.05, 3.63) is 87.7 Å². The van der Waals surface area contributed by atoms with Crippen LogP contribution < -0.4 is 4.74 Å². The first kappa shape index (κ1) is 24.5. The van der Waals surface area contributed by atoms with Gasteiger partial charge in [0.05, 0.1) is 10.6 Å². The molecule has 1 heterocycles. The molecule has 3 rings (SSSR count). The van der Waals surface area contributed by atoms with Gasteiger partial charge in [-0.15, -0.1) is 0 Å². The molecule has 33 heavy (non-hydrogen) atoms. The first-order valence-electron chi connectivity index (χ1n) is 10.2. The summed E-state index contributed by atoms with van der Waals surface area (Å²) in [5.74, 6) is 0.709. The Hall–Kier alpha value is -3.19. The van der Waals surface area contributed by atoms with Crippen LogP contribution in [0.3, 0.4) is 0 Å². The van der Waals surface area contributed by atoms with Crippen LogP contribution in [0.25, 0.3) is 0 Å².